The summed E-state index contributed by atoms with van der Waals surface area (Å²) in [5.41, 5.74) is 1.99. The monoisotopic (exact) mass is 315 g/mol. The molecule has 0 aliphatic carbocycles. The van der Waals surface area contributed by atoms with Crippen LogP contribution in [0.15, 0.2) is 59.5 Å². The maximum atomic E-state index is 6.40. The molecular weight excluding hydrogens is 290 g/mol. The first-order chi connectivity index (χ1) is 10.6. The highest BCUT2D eigenvalue weighted by Crippen LogP contribution is 2.38. The van der Waals surface area contributed by atoms with Crippen LogP contribution in [0.25, 0.3) is 0 Å². The zero-order valence-electron chi connectivity index (χ0n) is 13.9. The molecule has 0 aliphatic heterocycles. The van der Waals surface area contributed by atoms with Crippen molar-refractivity contribution in [3.8, 4) is 0 Å². The van der Waals surface area contributed by atoms with Crippen LogP contribution in [-0.2, 0) is 10.3 Å². The minimum absolute atomic E-state index is 0.434. The van der Waals surface area contributed by atoms with E-state index in [0.29, 0.717) is 6.61 Å². The Labute approximate surface area is 138 Å². The molecule has 2 rings (SSSR count). The number of rotatable bonds is 7. The molecule has 1 atom stereocenters. The van der Waals surface area contributed by atoms with E-state index in [0.717, 1.165) is 6.54 Å². The summed E-state index contributed by atoms with van der Waals surface area (Å²) in [7, 11) is 4.14. The molecule has 0 N–H and O–H groups in total. The molecule has 3 heteroatoms. The number of ether oxygens (including phenoxy) is 1. The van der Waals surface area contributed by atoms with Crippen molar-refractivity contribution in [2.75, 3.05) is 33.5 Å². The van der Waals surface area contributed by atoms with Crippen molar-refractivity contribution in [1.29, 1.82) is 0 Å². The third-order valence-corrected chi connectivity index (χ3v) is 4.67. The first-order valence-electron chi connectivity index (χ1n) is 7.55. The van der Waals surface area contributed by atoms with Gasteiger partial charge in [0, 0.05) is 17.0 Å². The van der Waals surface area contributed by atoms with Crippen LogP contribution in [-0.4, -0.2) is 38.4 Å². The van der Waals surface area contributed by atoms with Crippen LogP contribution >= 0.6 is 11.8 Å². The topological polar surface area (TPSA) is 12.5 Å². The Kier molecular flexibility index (Phi) is 6.07. The van der Waals surface area contributed by atoms with E-state index >= 15 is 0 Å². The van der Waals surface area contributed by atoms with E-state index in [1.165, 1.54) is 16.0 Å². The maximum absolute atomic E-state index is 6.40. The van der Waals surface area contributed by atoms with Crippen molar-refractivity contribution in [3.63, 3.8) is 0 Å². The van der Waals surface area contributed by atoms with Crippen LogP contribution in [0.4, 0.5) is 0 Å². The molecule has 0 radical (unpaired) electrons. The quantitative estimate of drug-likeness (QED) is 0.709. The standard InChI is InChI=1S/C19H25NOS/c1-19(21-15-14-20(2)3,16-10-6-5-7-11-16)17-12-8-9-13-18(17)22-4/h5-13H,14-15H2,1-4H3. The average molecular weight is 315 g/mol. The highest BCUT2D eigenvalue weighted by atomic mass is 32.2. The molecule has 0 saturated heterocycles. The van der Waals surface area contributed by atoms with Crippen molar-refractivity contribution in [1.82, 2.24) is 4.90 Å². The molecule has 0 amide bonds. The molecular formula is C19H25NOS. The number of hydrogen-bond donors (Lipinski definition) is 0. The molecule has 0 aliphatic rings. The molecule has 0 saturated carbocycles. The molecule has 22 heavy (non-hydrogen) atoms. The van der Waals surface area contributed by atoms with Crippen LogP contribution in [0.1, 0.15) is 18.1 Å². The lowest BCUT2D eigenvalue weighted by Crippen LogP contribution is -2.31. The zero-order valence-corrected chi connectivity index (χ0v) is 14.7. The summed E-state index contributed by atoms with van der Waals surface area (Å²) in [4.78, 5) is 3.41. The van der Waals surface area contributed by atoms with Crippen LogP contribution in [0.2, 0.25) is 0 Å². The lowest BCUT2D eigenvalue weighted by Gasteiger charge is -2.33. The summed E-state index contributed by atoms with van der Waals surface area (Å²) < 4.78 is 6.40. The first kappa shape index (κ1) is 17.1. The molecule has 0 heterocycles. The summed E-state index contributed by atoms with van der Waals surface area (Å²) in [5, 5.41) is 0. The van der Waals surface area contributed by atoms with Crippen molar-refractivity contribution in [2.24, 2.45) is 0 Å². The van der Waals surface area contributed by atoms with Gasteiger partial charge in [-0.2, -0.15) is 0 Å². The van der Waals surface area contributed by atoms with Gasteiger partial charge in [-0.1, -0.05) is 48.5 Å². The predicted octanol–water partition coefficient (Wildman–Crippen LogP) is 4.25. The minimum atomic E-state index is -0.434. The lowest BCUT2D eigenvalue weighted by molar-refractivity contribution is -0.0119. The number of benzene rings is 2. The van der Waals surface area contributed by atoms with Crippen molar-refractivity contribution in [3.05, 3.63) is 65.7 Å². The van der Waals surface area contributed by atoms with Gasteiger partial charge in [0.05, 0.1) is 6.61 Å². The van der Waals surface area contributed by atoms with Crippen LogP contribution in [0, 0.1) is 0 Å². The normalized spacial score (nSPS) is 14.0. The fourth-order valence-corrected chi connectivity index (χ4v) is 3.24. The Hall–Kier alpha value is -1.29. The Morgan fingerprint density at radius 2 is 1.64 bits per heavy atom. The second-order valence-corrected chi connectivity index (χ2v) is 6.60. The fraction of sp³-hybridized carbons (Fsp3) is 0.368. The summed E-state index contributed by atoms with van der Waals surface area (Å²) in [5.74, 6) is 0. The van der Waals surface area contributed by atoms with E-state index in [1.807, 2.05) is 6.07 Å². The third kappa shape index (κ3) is 3.92. The summed E-state index contributed by atoms with van der Waals surface area (Å²) in [6.07, 6.45) is 2.12. The van der Waals surface area contributed by atoms with E-state index in [1.54, 1.807) is 11.8 Å². The largest absolute Gasteiger partial charge is 0.364 e. The van der Waals surface area contributed by atoms with E-state index in [-0.39, 0.29) is 0 Å². The van der Waals surface area contributed by atoms with E-state index < -0.39 is 5.60 Å². The zero-order chi connectivity index (χ0) is 16.0. The maximum Gasteiger partial charge on any atom is 0.116 e. The number of nitrogens with zero attached hydrogens (tertiary/aromatic N) is 1. The molecule has 2 nitrogen and oxygen atoms in total. The molecule has 118 valence electrons. The molecule has 0 spiro atoms. The summed E-state index contributed by atoms with van der Waals surface area (Å²) >= 11 is 1.77. The van der Waals surface area contributed by atoms with Gasteiger partial charge in [-0.25, -0.2) is 0 Å². The summed E-state index contributed by atoms with van der Waals surface area (Å²) in [6.45, 7) is 3.78. The third-order valence-electron chi connectivity index (χ3n) is 3.87. The van der Waals surface area contributed by atoms with Crippen molar-refractivity contribution < 1.29 is 4.74 Å². The van der Waals surface area contributed by atoms with Gasteiger partial charge in [-0.05, 0) is 38.9 Å². The average Bonchev–Trinajstić information content (AvgIpc) is 2.55. The van der Waals surface area contributed by atoms with E-state index in [2.05, 4.69) is 80.7 Å². The fourth-order valence-electron chi connectivity index (χ4n) is 2.54. The highest BCUT2D eigenvalue weighted by molar-refractivity contribution is 7.98. The second-order valence-electron chi connectivity index (χ2n) is 5.75. The Morgan fingerprint density at radius 1 is 1.00 bits per heavy atom. The van der Waals surface area contributed by atoms with Crippen LogP contribution in [0.3, 0.4) is 0 Å². The minimum Gasteiger partial charge on any atom is -0.364 e. The van der Waals surface area contributed by atoms with Crippen molar-refractivity contribution >= 4 is 11.8 Å². The Bertz CT molecular complexity index is 585. The molecule has 1 unspecified atom stereocenters. The Morgan fingerprint density at radius 3 is 2.27 bits per heavy atom. The van der Waals surface area contributed by atoms with Gasteiger partial charge in [-0.15, -0.1) is 11.8 Å². The van der Waals surface area contributed by atoms with E-state index in [9.17, 15) is 0 Å². The number of likely N-dealkylation sites (N-methyl/N-ethyl adjacent to an activating group) is 1. The van der Waals surface area contributed by atoms with Gasteiger partial charge >= 0.3 is 0 Å². The molecule has 2 aromatic carbocycles. The molecule has 0 bridgehead atoms. The van der Waals surface area contributed by atoms with Crippen molar-refractivity contribution in [2.45, 2.75) is 17.4 Å². The summed E-state index contributed by atoms with van der Waals surface area (Å²) in [6, 6.07) is 19.0. The van der Waals surface area contributed by atoms with Gasteiger partial charge in [0.1, 0.15) is 5.60 Å². The first-order valence-corrected chi connectivity index (χ1v) is 8.78. The predicted molar refractivity (Wildman–Crippen MR) is 95.6 cm³/mol. The SMILES string of the molecule is CSc1ccccc1C(C)(OCCN(C)C)c1ccccc1. The van der Waals surface area contributed by atoms with Crippen LogP contribution in [0.5, 0.6) is 0 Å². The van der Waals surface area contributed by atoms with Gasteiger partial charge in [0.2, 0.25) is 0 Å². The van der Waals surface area contributed by atoms with Gasteiger partial charge in [-0.3, -0.25) is 0 Å². The second kappa shape index (κ2) is 7.82. The van der Waals surface area contributed by atoms with E-state index in [4.69, 9.17) is 4.74 Å². The van der Waals surface area contributed by atoms with Gasteiger partial charge in [0.15, 0.2) is 0 Å². The smallest absolute Gasteiger partial charge is 0.116 e. The lowest BCUT2D eigenvalue weighted by atomic mass is 9.88. The number of thioether (sulfide) groups is 1. The molecule has 0 fully saturated rings. The number of hydrogen-bond acceptors (Lipinski definition) is 3. The highest BCUT2D eigenvalue weighted by Gasteiger charge is 2.31. The Balaban J connectivity index is 2.41. The van der Waals surface area contributed by atoms with Gasteiger partial charge in [0.25, 0.3) is 0 Å². The van der Waals surface area contributed by atoms with Gasteiger partial charge < -0.3 is 9.64 Å². The molecule has 2 aromatic rings. The van der Waals surface area contributed by atoms with Crippen LogP contribution < -0.4 is 0 Å². The molecule has 0 aromatic heterocycles.